The van der Waals surface area contributed by atoms with Crippen molar-refractivity contribution in [2.45, 2.75) is 56.0 Å². The second kappa shape index (κ2) is 6.34. The number of likely N-dealkylation sites (tertiary alicyclic amines) is 1. The fourth-order valence-corrected chi connectivity index (χ4v) is 5.45. The van der Waals surface area contributed by atoms with Gasteiger partial charge in [0.25, 0.3) is 0 Å². The molecule has 2 heterocycles. The normalized spacial score (nSPS) is 28.6. The van der Waals surface area contributed by atoms with Gasteiger partial charge in [-0.15, -0.1) is 0 Å². The van der Waals surface area contributed by atoms with Crippen LogP contribution in [0.5, 0.6) is 0 Å². The molecule has 1 aromatic carbocycles. The summed E-state index contributed by atoms with van der Waals surface area (Å²) < 4.78 is 23.9. The van der Waals surface area contributed by atoms with Crippen LogP contribution in [0.25, 0.3) is 0 Å². The van der Waals surface area contributed by atoms with E-state index in [1.54, 1.807) is 19.1 Å². The van der Waals surface area contributed by atoms with Crippen LogP contribution >= 0.6 is 0 Å². The van der Waals surface area contributed by atoms with E-state index in [1.807, 2.05) is 12.1 Å². The molecule has 4 nitrogen and oxygen atoms in total. The highest BCUT2D eigenvalue weighted by Crippen LogP contribution is 2.39. The van der Waals surface area contributed by atoms with Crippen molar-refractivity contribution in [2.75, 3.05) is 30.3 Å². The van der Waals surface area contributed by atoms with Crippen LogP contribution in [0.1, 0.15) is 39.0 Å². The second-order valence-corrected chi connectivity index (χ2v) is 9.85. The van der Waals surface area contributed by atoms with Gasteiger partial charge in [0.15, 0.2) is 9.84 Å². The van der Waals surface area contributed by atoms with Gasteiger partial charge in [-0.1, -0.05) is 6.92 Å². The molecule has 4 rings (SSSR count). The fourth-order valence-electron chi connectivity index (χ4n) is 4.57. The average Bonchev–Trinajstić information content (AvgIpc) is 3.46. The minimum atomic E-state index is -3.10. The summed E-state index contributed by atoms with van der Waals surface area (Å²) in [6.07, 6.45) is 6.72. The molecule has 0 aromatic heterocycles. The standard InChI is InChI=1S/C19H28N2O2S/c1-2-24(22,23)18-9-7-16(8-10-18)20-13-11-19-15(14-20)4-3-12-21(19)17-5-6-17/h7-10,15,17,19H,2-6,11-14H2,1H3/t15-,19-/m0/s1. The topological polar surface area (TPSA) is 40.6 Å². The molecule has 3 aliphatic rings. The first-order valence-corrected chi connectivity index (χ1v) is 11.1. The molecule has 1 saturated carbocycles. The Morgan fingerprint density at radius 2 is 1.79 bits per heavy atom. The van der Waals surface area contributed by atoms with Crippen LogP contribution in [0.3, 0.4) is 0 Å². The van der Waals surface area contributed by atoms with Crippen LogP contribution in [-0.2, 0) is 9.84 Å². The number of anilines is 1. The van der Waals surface area contributed by atoms with Crippen molar-refractivity contribution in [1.29, 1.82) is 0 Å². The molecule has 2 saturated heterocycles. The van der Waals surface area contributed by atoms with Crippen LogP contribution < -0.4 is 4.90 Å². The molecule has 0 bridgehead atoms. The summed E-state index contributed by atoms with van der Waals surface area (Å²) in [5.41, 5.74) is 1.17. The third-order valence-electron chi connectivity index (χ3n) is 6.07. The van der Waals surface area contributed by atoms with Crippen molar-refractivity contribution >= 4 is 15.5 Å². The van der Waals surface area contributed by atoms with Gasteiger partial charge in [-0.3, -0.25) is 4.90 Å². The molecule has 0 unspecified atom stereocenters. The molecule has 3 fully saturated rings. The first kappa shape index (κ1) is 16.4. The molecule has 0 radical (unpaired) electrons. The van der Waals surface area contributed by atoms with E-state index in [2.05, 4.69) is 9.80 Å². The van der Waals surface area contributed by atoms with Crippen molar-refractivity contribution in [3.63, 3.8) is 0 Å². The maximum atomic E-state index is 12.0. The molecule has 5 heteroatoms. The lowest BCUT2D eigenvalue weighted by atomic mass is 9.83. The van der Waals surface area contributed by atoms with Crippen molar-refractivity contribution in [3.8, 4) is 0 Å². The van der Waals surface area contributed by atoms with E-state index in [0.29, 0.717) is 4.90 Å². The fraction of sp³-hybridized carbons (Fsp3) is 0.684. The molecule has 2 atom stereocenters. The van der Waals surface area contributed by atoms with Gasteiger partial charge >= 0.3 is 0 Å². The van der Waals surface area contributed by atoms with Gasteiger partial charge < -0.3 is 4.90 Å². The maximum absolute atomic E-state index is 12.0. The average molecular weight is 349 g/mol. The Labute approximate surface area is 145 Å². The van der Waals surface area contributed by atoms with Gasteiger partial charge in [-0.2, -0.15) is 0 Å². The van der Waals surface area contributed by atoms with E-state index in [-0.39, 0.29) is 5.75 Å². The number of fused-ring (bicyclic) bond motifs is 1. The van der Waals surface area contributed by atoms with E-state index >= 15 is 0 Å². The lowest BCUT2D eigenvalue weighted by molar-refractivity contribution is 0.0698. The zero-order valence-corrected chi connectivity index (χ0v) is 15.3. The molecular weight excluding hydrogens is 320 g/mol. The maximum Gasteiger partial charge on any atom is 0.178 e. The van der Waals surface area contributed by atoms with Crippen molar-refractivity contribution in [1.82, 2.24) is 4.90 Å². The zero-order chi connectivity index (χ0) is 16.7. The number of hydrogen-bond acceptors (Lipinski definition) is 4. The third kappa shape index (κ3) is 3.08. The highest BCUT2D eigenvalue weighted by molar-refractivity contribution is 7.91. The van der Waals surface area contributed by atoms with Gasteiger partial charge in [0.05, 0.1) is 10.6 Å². The summed E-state index contributed by atoms with van der Waals surface area (Å²) in [7, 11) is -3.10. The number of benzene rings is 1. The smallest absolute Gasteiger partial charge is 0.178 e. The van der Waals surface area contributed by atoms with E-state index < -0.39 is 9.84 Å². The van der Waals surface area contributed by atoms with Crippen LogP contribution in [-0.4, -0.2) is 50.8 Å². The first-order valence-electron chi connectivity index (χ1n) is 9.42. The Hall–Kier alpha value is -1.07. The molecule has 0 N–H and O–H groups in total. The summed E-state index contributed by atoms with van der Waals surface area (Å²) in [6.45, 7) is 5.20. The number of nitrogens with zero attached hydrogens (tertiary/aromatic N) is 2. The van der Waals surface area contributed by atoms with Gasteiger partial charge in [0, 0.05) is 30.9 Å². The Kier molecular flexibility index (Phi) is 4.33. The predicted molar refractivity (Wildman–Crippen MR) is 97.2 cm³/mol. The monoisotopic (exact) mass is 348 g/mol. The Morgan fingerprint density at radius 3 is 2.46 bits per heavy atom. The molecular formula is C19H28N2O2S. The van der Waals surface area contributed by atoms with Crippen LogP contribution in [0, 0.1) is 5.92 Å². The summed E-state index contributed by atoms with van der Waals surface area (Å²) in [5, 5.41) is 0. The number of sulfone groups is 1. The Bertz CT molecular complexity index is 682. The Morgan fingerprint density at radius 1 is 1.04 bits per heavy atom. The highest BCUT2D eigenvalue weighted by atomic mass is 32.2. The van der Waals surface area contributed by atoms with Gasteiger partial charge in [-0.25, -0.2) is 8.42 Å². The van der Waals surface area contributed by atoms with Gasteiger partial charge in [-0.05, 0) is 68.8 Å². The number of rotatable bonds is 4. The molecule has 1 aromatic rings. The minimum absolute atomic E-state index is 0.164. The van der Waals surface area contributed by atoms with E-state index in [0.717, 1.165) is 31.1 Å². The van der Waals surface area contributed by atoms with Crippen LogP contribution in [0.15, 0.2) is 29.2 Å². The molecule has 132 valence electrons. The molecule has 1 aliphatic carbocycles. The molecule has 0 amide bonds. The lowest BCUT2D eigenvalue weighted by Crippen LogP contribution is -2.54. The first-order chi connectivity index (χ1) is 11.6. The molecule has 2 aliphatic heterocycles. The van der Waals surface area contributed by atoms with Crippen molar-refractivity contribution in [3.05, 3.63) is 24.3 Å². The minimum Gasteiger partial charge on any atom is -0.371 e. The van der Waals surface area contributed by atoms with Crippen LogP contribution in [0.4, 0.5) is 5.69 Å². The number of piperidine rings is 2. The lowest BCUT2D eigenvalue weighted by Gasteiger charge is -2.48. The van der Waals surface area contributed by atoms with E-state index in [1.165, 1.54) is 44.3 Å². The van der Waals surface area contributed by atoms with E-state index in [9.17, 15) is 8.42 Å². The number of hydrogen-bond donors (Lipinski definition) is 0. The largest absolute Gasteiger partial charge is 0.371 e. The summed E-state index contributed by atoms with van der Waals surface area (Å²) in [6, 6.07) is 9.19. The second-order valence-electron chi connectivity index (χ2n) is 7.57. The van der Waals surface area contributed by atoms with E-state index in [4.69, 9.17) is 0 Å². The van der Waals surface area contributed by atoms with Crippen molar-refractivity contribution < 1.29 is 8.42 Å². The zero-order valence-electron chi connectivity index (χ0n) is 14.5. The SMILES string of the molecule is CCS(=O)(=O)c1ccc(N2CC[C@H]3[C@@H](CCCN3C3CC3)C2)cc1. The highest BCUT2D eigenvalue weighted by Gasteiger charge is 2.41. The predicted octanol–water partition coefficient (Wildman–Crippen LogP) is 2.93. The van der Waals surface area contributed by atoms with Crippen molar-refractivity contribution in [2.24, 2.45) is 5.92 Å². The Balaban J connectivity index is 1.46. The molecule has 24 heavy (non-hydrogen) atoms. The summed E-state index contributed by atoms with van der Waals surface area (Å²) >= 11 is 0. The summed E-state index contributed by atoms with van der Waals surface area (Å²) in [5.74, 6) is 0.934. The third-order valence-corrected chi connectivity index (χ3v) is 7.82. The van der Waals surface area contributed by atoms with Gasteiger partial charge in [0.1, 0.15) is 0 Å². The molecule has 0 spiro atoms. The summed E-state index contributed by atoms with van der Waals surface area (Å²) in [4.78, 5) is 5.70. The van der Waals surface area contributed by atoms with Gasteiger partial charge in [0.2, 0.25) is 0 Å². The van der Waals surface area contributed by atoms with Crippen LogP contribution in [0.2, 0.25) is 0 Å². The quantitative estimate of drug-likeness (QED) is 0.839.